The number of rotatable bonds is 5. The number of ether oxygens (including phenoxy) is 1. The first-order chi connectivity index (χ1) is 8.52. The van der Waals surface area contributed by atoms with E-state index in [1.807, 2.05) is 31.2 Å². The Labute approximate surface area is 109 Å². The van der Waals surface area contributed by atoms with Crippen LogP contribution in [0.1, 0.15) is 32.4 Å². The summed E-state index contributed by atoms with van der Waals surface area (Å²) in [6.45, 7) is 7.05. The fourth-order valence-electron chi connectivity index (χ4n) is 1.49. The van der Waals surface area contributed by atoms with Crippen LogP contribution in [-0.2, 0) is 0 Å². The molecular weight excluding hydrogens is 226 g/mol. The van der Waals surface area contributed by atoms with Crippen LogP contribution in [0.5, 0.6) is 5.75 Å². The third kappa shape index (κ3) is 4.65. The molecule has 0 fully saturated rings. The van der Waals surface area contributed by atoms with Crippen molar-refractivity contribution < 1.29 is 4.74 Å². The zero-order valence-electron chi connectivity index (χ0n) is 11.6. The van der Waals surface area contributed by atoms with Gasteiger partial charge in [0.2, 0.25) is 0 Å². The molecule has 1 aromatic rings. The van der Waals surface area contributed by atoms with Gasteiger partial charge >= 0.3 is 0 Å². The quantitative estimate of drug-likeness (QED) is 0.622. The SMILES string of the molecule is CN=C(N)NC(C)c1ccc(OCC(C)C)cc1. The van der Waals surface area contributed by atoms with Crippen molar-refractivity contribution in [3.8, 4) is 5.75 Å². The van der Waals surface area contributed by atoms with Crippen molar-refractivity contribution in [3.05, 3.63) is 29.8 Å². The first-order valence-corrected chi connectivity index (χ1v) is 6.24. The predicted molar refractivity (Wildman–Crippen MR) is 75.9 cm³/mol. The lowest BCUT2D eigenvalue weighted by Gasteiger charge is -2.15. The van der Waals surface area contributed by atoms with Crippen LogP contribution in [0.15, 0.2) is 29.3 Å². The second-order valence-electron chi connectivity index (χ2n) is 4.75. The topological polar surface area (TPSA) is 59.6 Å². The Kier molecular flexibility index (Phi) is 5.49. The largest absolute Gasteiger partial charge is 0.493 e. The summed E-state index contributed by atoms with van der Waals surface area (Å²) in [5, 5.41) is 3.10. The number of nitrogens with one attached hydrogen (secondary N) is 1. The van der Waals surface area contributed by atoms with Gasteiger partial charge in [0.05, 0.1) is 12.6 Å². The van der Waals surface area contributed by atoms with Crippen molar-refractivity contribution in [1.82, 2.24) is 5.32 Å². The van der Waals surface area contributed by atoms with Crippen molar-refractivity contribution in [3.63, 3.8) is 0 Å². The molecule has 0 saturated carbocycles. The standard InChI is InChI=1S/C14H23N3O/c1-10(2)9-18-13-7-5-12(6-8-13)11(3)17-14(15)16-4/h5-8,10-11H,9H2,1-4H3,(H3,15,16,17). The number of guanidine groups is 1. The molecule has 1 rings (SSSR count). The summed E-state index contributed by atoms with van der Waals surface area (Å²) in [5.41, 5.74) is 6.79. The van der Waals surface area contributed by atoms with Crippen LogP contribution in [0.2, 0.25) is 0 Å². The Morgan fingerprint density at radius 1 is 1.28 bits per heavy atom. The van der Waals surface area contributed by atoms with Crippen LogP contribution >= 0.6 is 0 Å². The summed E-state index contributed by atoms with van der Waals surface area (Å²) in [5.74, 6) is 1.88. The van der Waals surface area contributed by atoms with Crippen LogP contribution in [0, 0.1) is 5.92 Å². The summed E-state index contributed by atoms with van der Waals surface area (Å²) < 4.78 is 5.64. The summed E-state index contributed by atoms with van der Waals surface area (Å²) >= 11 is 0. The van der Waals surface area contributed by atoms with E-state index in [9.17, 15) is 0 Å². The third-order valence-electron chi connectivity index (χ3n) is 2.57. The molecule has 1 aromatic carbocycles. The van der Waals surface area contributed by atoms with Gasteiger partial charge in [-0.2, -0.15) is 0 Å². The highest BCUT2D eigenvalue weighted by atomic mass is 16.5. The normalized spacial score (nSPS) is 13.5. The molecule has 0 saturated heterocycles. The Hall–Kier alpha value is -1.71. The van der Waals surface area contributed by atoms with E-state index >= 15 is 0 Å². The smallest absolute Gasteiger partial charge is 0.188 e. The van der Waals surface area contributed by atoms with Crippen LogP contribution in [-0.4, -0.2) is 19.6 Å². The minimum atomic E-state index is 0.132. The van der Waals surface area contributed by atoms with Crippen molar-refractivity contribution >= 4 is 5.96 Å². The Balaban J connectivity index is 2.59. The molecule has 1 unspecified atom stereocenters. The molecule has 18 heavy (non-hydrogen) atoms. The summed E-state index contributed by atoms with van der Waals surface area (Å²) in [4.78, 5) is 3.88. The Bertz CT molecular complexity index is 385. The highest BCUT2D eigenvalue weighted by Crippen LogP contribution is 2.17. The van der Waals surface area contributed by atoms with Crippen molar-refractivity contribution in [2.45, 2.75) is 26.8 Å². The monoisotopic (exact) mass is 249 g/mol. The molecule has 0 spiro atoms. The van der Waals surface area contributed by atoms with Gasteiger partial charge in [-0.25, -0.2) is 0 Å². The zero-order valence-corrected chi connectivity index (χ0v) is 11.6. The van der Waals surface area contributed by atoms with Crippen LogP contribution in [0.25, 0.3) is 0 Å². The van der Waals surface area contributed by atoms with E-state index < -0.39 is 0 Å². The second kappa shape index (κ2) is 6.89. The first kappa shape index (κ1) is 14.4. The average Bonchev–Trinajstić information content (AvgIpc) is 2.36. The van der Waals surface area contributed by atoms with E-state index in [4.69, 9.17) is 10.5 Å². The molecule has 0 heterocycles. The zero-order chi connectivity index (χ0) is 13.5. The lowest BCUT2D eigenvalue weighted by Crippen LogP contribution is -2.33. The van der Waals surface area contributed by atoms with Gasteiger partial charge in [-0.3, -0.25) is 4.99 Å². The molecule has 100 valence electrons. The van der Waals surface area contributed by atoms with Gasteiger partial charge < -0.3 is 15.8 Å². The maximum Gasteiger partial charge on any atom is 0.188 e. The lowest BCUT2D eigenvalue weighted by molar-refractivity contribution is 0.271. The first-order valence-electron chi connectivity index (χ1n) is 6.24. The summed E-state index contributed by atoms with van der Waals surface area (Å²) in [7, 11) is 1.66. The number of hydrogen-bond acceptors (Lipinski definition) is 2. The highest BCUT2D eigenvalue weighted by Gasteiger charge is 2.06. The Morgan fingerprint density at radius 3 is 2.39 bits per heavy atom. The van der Waals surface area contributed by atoms with E-state index in [0.29, 0.717) is 11.9 Å². The number of aliphatic imine (C=N–C) groups is 1. The second-order valence-corrected chi connectivity index (χ2v) is 4.75. The molecular formula is C14H23N3O. The Morgan fingerprint density at radius 2 is 1.89 bits per heavy atom. The third-order valence-corrected chi connectivity index (χ3v) is 2.57. The molecule has 4 nitrogen and oxygen atoms in total. The van der Waals surface area contributed by atoms with Crippen LogP contribution in [0.3, 0.4) is 0 Å². The minimum Gasteiger partial charge on any atom is -0.493 e. The van der Waals surface area contributed by atoms with Gasteiger partial charge in [-0.15, -0.1) is 0 Å². The maximum absolute atomic E-state index is 5.64. The lowest BCUT2D eigenvalue weighted by atomic mass is 10.1. The molecule has 0 aliphatic carbocycles. The number of hydrogen-bond donors (Lipinski definition) is 2. The molecule has 0 aliphatic rings. The molecule has 1 atom stereocenters. The number of nitrogens with zero attached hydrogens (tertiary/aromatic N) is 1. The van der Waals surface area contributed by atoms with Gasteiger partial charge in [0, 0.05) is 7.05 Å². The molecule has 0 radical (unpaired) electrons. The van der Waals surface area contributed by atoms with E-state index in [-0.39, 0.29) is 6.04 Å². The van der Waals surface area contributed by atoms with E-state index in [1.54, 1.807) is 7.05 Å². The van der Waals surface area contributed by atoms with Crippen molar-refractivity contribution in [2.75, 3.05) is 13.7 Å². The predicted octanol–water partition coefficient (Wildman–Crippen LogP) is 2.32. The van der Waals surface area contributed by atoms with Crippen LogP contribution in [0.4, 0.5) is 0 Å². The number of nitrogens with two attached hydrogens (primary N) is 1. The van der Waals surface area contributed by atoms with E-state index in [0.717, 1.165) is 17.9 Å². The molecule has 0 amide bonds. The summed E-state index contributed by atoms with van der Waals surface area (Å²) in [6.07, 6.45) is 0. The van der Waals surface area contributed by atoms with Gasteiger partial charge in [0.1, 0.15) is 5.75 Å². The fraction of sp³-hybridized carbons (Fsp3) is 0.500. The van der Waals surface area contributed by atoms with Crippen LogP contribution < -0.4 is 15.8 Å². The van der Waals surface area contributed by atoms with E-state index in [1.165, 1.54) is 0 Å². The van der Waals surface area contributed by atoms with Gasteiger partial charge in [-0.05, 0) is 30.5 Å². The van der Waals surface area contributed by atoms with Crippen molar-refractivity contribution in [2.24, 2.45) is 16.6 Å². The van der Waals surface area contributed by atoms with E-state index in [2.05, 4.69) is 24.2 Å². The molecule has 4 heteroatoms. The fourth-order valence-corrected chi connectivity index (χ4v) is 1.49. The molecule has 0 aromatic heterocycles. The van der Waals surface area contributed by atoms with Gasteiger partial charge in [0.25, 0.3) is 0 Å². The maximum atomic E-state index is 5.64. The summed E-state index contributed by atoms with van der Waals surface area (Å²) in [6, 6.07) is 8.17. The molecule has 0 aliphatic heterocycles. The number of benzene rings is 1. The minimum absolute atomic E-state index is 0.132. The van der Waals surface area contributed by atoms with Gasteiger partial charge in [0.15, 0.2) is 5.96 Å². The molecule has 3 N–H and O–H groups in total. The van der Waals surface area contributed by atoms with Gasteiger partial charge in [-0.1, -0.05) is 26.0 Å². The highest BCUT2D eigenvalue weighted by molar-refractivity contribution is 5.78. The molecule has 0 bridgehead atoms. The van der Waals surface area contributed by atoms with Crippen molar-refractivity contribution in [1.29, 1.82) is 0 Å². The average molecular weight is 249 g/mol.